The maximum atomic E-state index is 6.22. The first-order chi connectivity index (χ1) is 9.66. The standard InChI is InChI=1S/C17H29N3O/c1-16(2)11-14(17(3,4)21-16)15(19-18)12-8-7-9-13(10-12)20(5)6/h7-10,14-15,19H,11,18H2,1-6H3. The Morgan fingerprint density at radius 3 is 2.43 bits per heavy atom. The number of nitrogens with two attached hydrogens (primary N) is 1. The van der Waals surface area contributed by atoms with Crippen molar-refractivity contribution in [2.45, 2.75) is 51.4 Å². The molecule has 1 aliphatic rings. The van der Waals surface area contributed by atoms with E-state index < -0.39 is 0 Å². The third kappa shape index (κ3) is 3.39. The highest BCUT2D eigenvalue weighted by Crippen LogP contribution is 2.47. The molecular formula is C17H29N3O. The van der Waals surface area contributed by atoms with Crippen molar-refractivity contribution in [2.75, 3.05) is 19.0 Å². The SMILES string of the molecule is CN(C)c1cccc(C(NN)C2CC(C)(C)OC2(C)C)c1. The maximum Gasteiger partial charge on any atom is 0.0681 e. The largest absolute Gasteiger partial charge is 0.378 e. The maximum absolute atomic E-state index is 6.22. The van der Waals surface area contributed by atoms with Gasteiger partial charge < -0.3 is 9.64 Å². The van der Waals surface area contributed by atoms with E-state index in [1.807, 2.05) is 0 Å². The van der Waals surface area contributed by atoms with Crippen molar-refractivity contribution >= 4 is 5.69 Å². The molecule has 118 valence electrons. The molecule has 1 aliphatic heterocycles. The average molecular weight is 291 g/mol. The van der Waals surface area contributed by atoms with Gasteiger partial charge in [-0.05, 0) is 51.8 Å². The van der Waals surface area contributed by atoms with Crippen LogP contribution < -0.4 is 16.2 Å². The Morgan fingerprint density at radius 1 is 1.29 bits per heavy atom. The molecule has 1 aromatic carbocycles. The van der Waals surface area contributed by atoms with Crippen LogP contribution >= 0.6 is 0 Å². The van der Waals surface area contributed by atoms with Crippen molar-refractivity contribution < 1.29 is 4.74 Å². The van der Waals surface area contributed by atoms with Gasteiger partial charge in [0.1, 0.15) is 0 Å². The third-order valence-corrected chi connectivity index (χ3v) is 4.47. The van der Waals surface area contributed by atoms with Gasteiger partial charge in [-0.3, -0.25) is 11.3 Å². The van der Waals surface area contributed by atoms with Crippen molar-refractivity contribution in [2.24, 2.45) is 11.8 Å². The molecule has 0 bridgehead atoms. The smallest absolute Gasteiger partial charge is 0.0681 e. The molecule has 1 saturated heterocycles. The van der Waals surface area contributed by atoms with Crippen LogP contribution in [-0.4, -0.2) is 25.3 Å². The Bertz CT molecular complexity index is 497. The van der Waals surface area contributed by atoms with E-state index in [0.717, 1.165) is 6.42 Å². The van der Waals surface area contributed by atoms with Gasteiger partial charge in [0.25, 0.3) is 0 Å². The number of rotatable bonds is 4. The Labute approximate surface area is 128 Å². The fourth-order valence-corrected chi connectivity index (χ4v) is 3.57. The van der Waals surface area contributed by atoms with E-state index in [0.29, 0.717) is 5.92 Å². The van der Waals surface area contributed by atoms with Gasteiger partial charge in [0.2, 0.25) is 0 Å². The first-order valence-corrected chi connectivity index (χ1v) is 7.60. The summed E-state index contributed by atoms with van der Waals surface area (Å²) in [5.74, 6) is 6.23. The second-order valence-electron chi connectivity index (χ2n) is 7.41. The zero-order valence-electron chi connectivity index (χ0n) is 14.1. The molecule has 0 amide bonds. The summed E-state index contributed by atoms with van der Waals surface area (Å²) >= 11 is 0. The van der Waals surface area contributed by atoms with Crippen LogP contribution in [0.3, 0.4) is 0 Å². The fourth-order valence-electron chi connectivity index (χ4n) is 3.57. The molecule has 2 atom stereocenters. The van der Waals surface area contributed by atoms with Crippen LogP contribution in [0.2, 0.25) is 0 Å². The van der Waals surface area contributed by atoms with E-state index in [4.69, 9.17) is 10.6 Å². The van der Waals surface area contributed by atoms with E-state index >= 15 is 0 Å². The van der Waals surface area contributed by atoms with Crippen molar-refractivity contribution in [3.63, 3.8) is 0 Å². The minimum Gasteiger partial charge on any atom is -0.378 e. The summed E-state index contributed by atoms with van der Waals surface area (Å²) in [5.41, 5.74) is 5.11. The lowest BCUT2D eigenvalue weighted by Crippen LogP contribution is -2.41. The highest BCUT2D eigenvalue weighted by Gasteiger charge is 2.49. The highest BCUT2D eigenvalue weighted by atomic mass is 16.5. The number of hydrazine groups is 1. The third-order valence-electron chi connectivity index (χ3n) is 4.47. The summed E-state index contributed by atoms with van der Waals surface area (Å²) in [6.07, 6.45) is 0.987. The molecular weight excluding hydrogens is 262 g/mol. The molecule has 0 aliphatic carbocycles. The van der Waals surface area contributed by atoms with Gasteiger partial charge >= 0.3 is 0 Å². The summed E-state index contributed by atoms with van der Waals surface area (Å²) in [6, 6.07) is 8.62. The van der Waals surface area contributed by atoms with Crippen LogP contribution in [0.4, 0.5) is 5.69 Å². The van der Waals surface area contributed by atoms with Gasteiger partial charge in [0, 0.05) is 25.7 Å². The van der Waals surface area contributed by atoms with Gasteiger partial charge in [-0.2, -0.15) is 0 Å². The summed E-state index contributed by atoms with van der Waals surface area (Å²) < 4.78 is 6.22. The topological polar surface area (TPSA) is 50.5 Å². The predicted octanol–water partition coefficient (Wildman–Crippen LogP) is 2.85. The Kier molecular flexibility index (Phi) is 4.34. The molecule has 4 heteroatoms. The zero-order valence-corrected chi connectivity index (χ0v) is 14.1. The van der Waals surface area contributed by atoms with Gasteiger partial charge in [-0.15, -0.1) is 0 Å². The summed E-state index contributed by atoms with van der Waals surface area (Å²) in [5, 5.41) is 0. The monoisotopic (exact) mass is 291 g/mol. The molecule has 21 heavy (non-hydrogen) atoms. The molecule has 0 aromatic heterocycles. The second kappa shape index (κ2) is 5.59. The molecule has 1 heterocycles. The van der Waals surface area contributed by atoms with Gasteiger partial charge in [0.15, 0.2) is 0 Å². The van der Waals surface area contributed by atoms with Gasteiger partial charge in [0.05, 0.1) is 17.2 Å². The fraction of sp³-hybridized carbons (Fsp3) is 0.647. The van der Waals surface area contributed by atoms with Crippen LogP contribution in [0.5, 0.6) is 0 Å². The van der Waals surface area contributed by atoms with Crippen LogP contribution in [-0.2, 0) is 4.74 Å². The van der Waals surface area contributed by atoms with E-state index in [1.54, 1.807) is 0 Å². The molecule has 0 saturated carbocycles. The van der Waals surface area contributed by atoms with Crippen molar-refractivity contribution in [1.82, 2.24) is 5.43 Å². The second-order valence-corrected chi connectivity index (χ2v) is 7.41. The van der Waals surface area contributed by atoms with Crippen LogP contribution in [0.15, 0.2) is 24.3 Å². The Morgan fingerprint density at radius 2 is 1.95 bits per heavy atom. The minimum absolute atomic E-state index is 0.0849. The molecule has 2 unspecified atom stereocenters. The molecule has 4 nitrogen and oxygen atoms in total. The number of nitrogens with one attached hydrogen (secondary N) is 1. The number of nitrogens with zero attached hydrogens (tertiary/aromatic N) is 1. The number of hydrogen-bond acceptors (Lipinski definition) is 4. The number of hydrogen-bond donors (Lipinski definition) is 2. The summed E-state index contributed by atoms with van der Waals surface area (Å²) in [7, 11) is 4.10. The predicted molar refractivity (Wildman–Crippen MR) is 88.2 cm³/mol. The molecule has 2 rings (SSSR count). The van der Waals surface area contributed by atoms with Crippen LogP contribution in [0.1, 0.15) is 45.7 Å². The number of benzene rings is 1. The van der Waals surface area contributed by atoms with Crippen molar-refractivity contribution in [1.29, 1.82) is 0 Å². The zero-order chi connectivity index (χ0) is 15.8. The van der Waals surface area contributed by atoms with Crippen molar-refractivity contribution in [3.8, 4) is 0 Å². The molecule has 0 spiro atoms. The van der Waals surface area contributed by atoms with Crippen molar-refractivity contribution in [3.05, 3.63) is 29.8 Å². The number of ether oxygens (including phenoxy) is 1. The van der Waals surface area contributed by atoms with E-state index in [9.17, 15) is 0 Å². The van der Waals surface area contributed by atoms with E-state index in [2.05, 4.69) is 76.4 Å². The minimum atomic E-state index is -0.200. The first-order valence-electron chi connectivity index (χ1n) is 7.60. The average Bonchev–Trinajstić information content (AvgIpc) is 2.59. The molecule has 1 fully saturated rings. The van der Waals surface area contributed by atoms with Crippen LogP contribution in [0.25, 0.3) is 0 Å². The van der Waals surface area contributed by atoms with E-state index in [1.165, 1.54) is 11.3 Å². The van der Waals surface area contributed by atoms with Gasteiger partial charge in [-0.25, -0.2) is 0 Å². The van der Waals surface area contributed by atoms with Crippen LogP contribution in [0, 0.1) is 5.92 Å². The lowest BCUT2D eigenvalue weighted by atomic mass is 9.79. The summed E-state index contributed by atoms with van der Waals surface area (Å²) in [6.45, 7) is 8.62. The van der Waals surface area contributed by atoms with E-state index in [-0.39, 0.29) is 17.2 Å². The first kappa shape index (κ1) is 16.3. The molecule has 0 radical (unpaired) electrons. The molecule has 1 aromatic rings. The van der Waals surface area contributed by atoms with Gasteiger partial charge in [-0.1, -0.05) is 12.1 Å². The Hall–Kier alpha value is -1.10. The molecule has 3 N–H and O–H groups in total. The quantitative estimate of drug-likeness (QED) is 0.661. The summed E-state index contributed by atoms with van der Waals surface area (Å²) in [4.78, 5) is 2.11. The lowest BCUT2D eigenvalue weighted by Gasteiger charge is -2.33. The normalized spacial score (nSPS) is 24.8. The highest BCUT2D eigenvalue weighted by molar-refractivity contribution is 5.48. The Balaban J connectivity index is 2.34. The lowest BCUT2D eigenvalue weighted by molar-refractivity contribution is -0.0779. The number of anilines is 1.